The second kappa shape index (κ2) is 8.77. The highest BCUT2D eigenvalue weighted by molar-refractivity contribution is 6.20. The van der Waals surface area contributed by atoms with Crippen molar-refractivity contribution >= 4 is 17.6 Å². The molecule has 5 nitrogen and oxygen atoms in total. The number of rotatable bonds is 7. The highest BCUT2D eigenvalue weighted by atomic mass is 16.5. The molecule has 1 N–H and O–H groups in total. The van der Waals surface area contributed by atoms with Gasteiger partial charge in [-0.2, -0.15) is 0 Å². The lowest BCUT2D eigenvalue weighted by Crippen LogP contribution is -1.99. The Balaban J connectivity index is 1.78. The Morgan fingerprint density at radius 2 is 1.14 bits per heavy atom. The number of carbonyl (C=O) groups is 1. The molecule has 0 saturated heterocycles. The van der Waals surface area contributed by atoms with Gasteiger partial charge < -0.3 is 19.3 Å². The van der Waals surface area contributed by atoms with Crippen molar-refractivity contribution in [2.75, 3.05) is 14.2 Å². The Morgan fingerprint density at radius 1 is 0.714 bits per heavy atom. The molecule has 3 aromatic carbocycles. The first kappa shape index (κ1) is 19.0. The fraction of sp³-hybridized carbons (Fsp3) is 0.0870. The van der Waals surface area contributed by atoms with Crippen LogP contribution >= 0.6 is 0 Å². The molecule has 0 saturated carbocycles. The van der Waals surface area contributed by atoms with E-state index in [1.54, 1.807) is 56.7 Å². The third-order valence-corrected chi connectivity index (χ3v) is 4.12. The van der Waals surface area contributed by atoms with Crippen molar-refractivity contribution in [1.82, 2.24) is 0 Å². The van der Waals surface area contributed by atoms with Crippen molar-refractivity contribution in [2.24, 2.45) is 0 Å². The number of carboxylic acid groups (broad SMARTS) is 1. The van der Waals surface area contributed by atoms with E-state index < -0.39 is 5.97 Å². The van der Waals surface area contributed by atoms with E-state index in [4.69, 9.17) is 14.2 Å². The molecule has 3 aromatic rings. The second-order valence-corrected chi connectivity index (χ2v) is 5.94. The molecule has 0 aliphatic heterocycles. The average Bonchev–Trinajstić information content (AvgIpc) is 2.73. The normalized spacial score (nSPS) is 11.0. The molecule has 5 heteroatoms. The van der Waals surface area contributed by atoms with Crippen LogP contribution in [0.3, 0.4) is 0 Å². The van der Waals surface area contributed by atoms with E-state index in [-0.39, 0.29) is 5.57 Å². The van der Waals surface area contributed by atoms with Crippen molar-refractivity contribution in [2.45, 2.75) is 0 Å². The van der Waals surface area contributed by atoms with Crippen LogP contribution in [0.15, 0.2) is 72.8 Å². The summed E-state index contributed by atoms with van der Waals surface area (Å²) in [5.74, 6) is 1.78. The first-order valence-corrected chi connectivity index (χ1v) is 8.60. The predicted octanol–water partition coefficient (Wildman–Crippen LogP) is 5.12. The number of aliphatic carboxylic acids is 1. The van der Waals surface area contributed by atoms with Crippen molar-refractivity contribution in [3.8, 4) is 23.0 Å². The Bertz CT molecular complexity index is 955. The maximum Gasteiger partial charge on any atom is 0.336 e. The Kier molecular flexibility index (Phi) is 5.97. The second-order valence-electron chi connectivity index (χ2n) is 5.94. The van der Waals surface area contributed by atoms with Gasteiger partial charge in [-0.25, -0.2) is 4.79 Å². The van der Waals surface area contributed by atoms with E-state index in [0.717, 1.165) is 11.3 Å². The summed E-state index contributed by atoms with van der Waals surface area (Å²) in [4.78, 5) is 11.7. The minimum atomic E-state index is -0.997. The fourth-order valence-corrected chi connectivity index (χ4v) is 2.62. The molecule has 0 atom stereocenters. The van der Waals surface area contributed by atoms with E-state index in [9.17, 15) is 9.90 Å². The SMILES string of the molecule is COc1ccc(Oc2ccc(/C=C(/C(=O)O)c3ccc(OC)cc3)cc2)cc1. The summed E-state index contributed by atoms with van der Waals surface area (Å²) in [6, 6.07) is 21.4. The average molecular weight is 376 g/mol. The van der Waals surface area contributed by atoms with Crippen LogP contribution in [0.5, 0.6) is 23.0 Å². The molecule has 0 unspecified atom stereocenters. The van der Waals surface area contributed by atoms with Crippen LogP contribution in [-0.2, 0) is 4.79 Å². The van der Waals surface area contributed by atoms with Crippen LogP contribution in [0, 0.1) is 0 Å². The van der Waals surface area contributed by atoms with Crippen LogP contribution < -0.4 is 14.2 Å². The summed E-state index contributed by atoms with van der Waals surface area (Å²) in [7, 11) is 3.18. The van der Waals surface area contributed by atoms with E-state index in [2.05, 4.69) is 0 Å². The van der Waals surface area contributed by atoms with Gasteiger partial charge >= 0.3 is 5.97 Å². The van der Waals surface area contributed by atoms with Crippen molar-refractivity contribution in [1.29, 1.82) is 0 Å². The number of hydrogen-bond donors (Lipinski definition) is 1. The molecule has 0 radical (unpaired) electrons. The van der Waals surface area contributed by atoms with E-state index in [1.165, 1.54) is 0 Å². The first-order chi connectivity index (χ1) is 13.6. The third-order valence-electron chi connectivity index (χ3n) is 4.12. The van der Waals surface area contributed by atoms with Crippen LogP contribution in [0.2, 0.25) is 0 Å². The van der Waals surface area contributed by atoms with Gasteiger partial charge in [-0.05, 0) is 65.7 Å². The zero-order valence-corrected chi connectivity index (χ0v) is 15.6. The summed E-state index contributed by atoms with van der Waals surface area (Å²) in [6.45, 7) is 0. The number of hydrogen-bond acceptors (Lipinski definition) is 4. The Labute approximate surface area is 163 Å². The molecule has 0 aromatic heterocycles. The lowest BCUT2D eigenvalue weighted by atomic mass is 10.0. The Morgan fingerprint density at radius 3 is 1.61 bits per heavy atom. The minimum Gasteiger partial charge on any atom is -0.497 e. The van der Waals surface area contributed by atoms with Crippen LogP contribution in [-0.4, -0.2) is 25.3 Å². The van der Waals surface area contributed by atoms with Gasteiger partial charge in [0.25, 0.3) is 0 Å². The summed E-state index contributed by atoms with van der Waals surface area (Å²) < 4.78 is 16.0. The molecule has 0 amide bonds. The number of carboxylic acids is 1. The van der Waals surface area contributed by atoms with Crippen LogP contribution in [0.25, 0.3) is 11.6 Å². The maximum absolute atomic E-state index is 11.7. The first-order valence-electron chi connectivity index (χ1n) is 8.60. The quantitative estimate of drug-likeness (QED) is 0.458. The van der Waals surface area contributed by atoms with Gasteiger partial charge in [0.15, 0.2) is 0 Å². The largest absolute Gasteiger partial charge is 0.497 e. The zero-order valence-electron chi connectivity index (χ0n) is 15.6. The molecule has 0 bridgehead atoms. The standard InChI is InChI=1S/C23H20O5/c1-26-18-9-5-17(6-10-18)22(23(24)25)15-16-3-7-20(8-4-16)28-21-13-11-19(27-2)12-14-21/h3-15H,1-2H3,(H,24,25)/b22-15+. The van der Waals surface area contributed by atoms with E-state index in [1.807, 2.05) is 36.4 Å². The van der Waals surface area contributed by atoms with Gasteiger partial charge in [0.2, 0.25) is 0 Å². The molecule has 0 spiro atoms. The lowest BCUT2D eigenvalue weighted by molar-refractivity contribution is -0.130. The molecule has 0 fully saturated rings. The molecule has 3 rings (SSSR count). The van der Waals surface area contributed by atoms with Crippen LogP contribution in [0.1, 0.15) is 11.1 Å². The third kappa shape index (κ3) is 4.71. The zero-order chi connectivity index (χ0) is 19.9. The maximum atomic E-state index is 11.7. The van der Waals surface area contributed by atoms with Gasteiger partial charge in [0.05, 0.1) is 19.8 Å². The molecular formula is C23H20O5. The molecular weight excluding hydrogens is 356 g/mol. The molecule has 142 valence electrons. The van der Waals surface area contributed by atoms with Gasteiger partial charge in [0.1, 0.15) is 23.0 Å². The molecule has 0 heterocycles. The van der Waals surface area contributed by atoms with Crippen molar-refractivity contribution in [3.05, 3.63) is 83.9 Å². The van der Waals surface area contributed by atoms with Gasteiger partial charge in [0, 0.05) is 0 Å². The van der Waals surface area contributed by atoms with E-state index >= 15 is 0 Å². The minimum absolute atomic E-state index is 0.200. The van der Waals surface area contributed by atoms with E-state index in [0.29, 0.717) is 22.8 Å². The van der Waals surface area contributed by atoms with Crippen molar-refractivity contribution in [3.63, 3.8) is 0 Å². The predicted molar refractivity (Wildman–Crippen MR) is 108 cm³/mol. The number of ether oxygens (including phenoxy) is 3. The van der Waals surface area contributed by atoms with Gasteiger partial charge in [-0.3, -0.25) is 0 Å². The summed E-state index contributed by atoms with van der Waals surface area (Å²) in [6.07, 6.45) is 1.63. The lowest BCUT2D eigenvalue weighted by Gasteiger charge is -2.08. The fourth-order valence-electron chi connectivity index (χ4n) is 2.62. The van der Waals surface area contributed by atoms with Crippen molar-refractivity contribution < 1.29 is 24.1 Å². The van der Waals surface area contributed by atoms with Gasteiger partial charge in [-0.15, -0.1) is 0 Å². The molecule has 0 aliphatic carbocycles. The Hall–Kier alpha value is -3.73. The molecule has 28 heavy (non-hydrogen) atoms. The van der Waals surface area contributed by atoms with Crippen LogP contribution in [0.4, 0.5) is 0 Å². The molecule has 0 aliphatic rings. The number of benzene rings is 3. The monoisotopic (exact) mass is 376 g/mol. The highest BCUT2D eigenvalue weighted by Gasteiger charge is 2.11. The smallest absolute Gasteiger partial charge is 0.336 e. The summed E-state index contributed by atoms with van der Waals surface area (Å²) >= 11 is 0. The summed E-state index contributed by atoms with van der Waals surface area (Å²) in [5, 5.41) is 9.57. The van der Waals surface area contributed by atoms with Gasteiger partial charge in [-0.1, -0.05) is 24.3 Å². The highest BCUT2D eigenvalue weighted by Crippen LogP contribution is 2.26. The summed E-state index contributed by atoms with van der Waals surface area (Å²) in [5.41, 5.74) is 1.56. The topological polar surface area (TPSA) is 65.0 Å². The number of methoxy groups -OCH3 is 2.